The van der Waals surface area contributed by atoms with E-state index in [9.17, 15) is 4.39 Å². The standard InChI is InChI=1S/C13H18ClFN2O/c1-17-7-2-3-11(17)5-8-18-13-12(15)10(9-14)4-6-16-13/h4,6,11H,2-3,5,7-9H2,1H3. The summed E-state index contributed by atoms with van der Waals surface area (Å²) < 4.78 is 19.2. The predicted molar refractivity (Wildman–Crippen MR) is 69.5 cm³/mol. The first kappa shape index (κ1) is 13.6. The maximum absolute atomic E-state index is 13.8. The lowest BCUT2D eigenvalue weighted by molar-refractivity contribution is 0.222. The molecule has 1 aromatic rings. The Hall–Kier alpha value is -0.870. The third-order valence-corrected chi connectivity index (χ3v) is 3.73. The number of rotatable bonds is 5. The molecule has 0 aliphatic carbocycles. The summed E-state index contributed by atoms with van der Waals surface area (Å²) in [5.41, 5.74) is 0.430. The molecule has 0 aromatic carbocycles. The van der Waals surface area contributed by atoms with Gasteiger partial charge in [0.25, 0.3) is 5.88 Å². The minimum Gasteiger partial charge on any atom is -0.476 e. The number of nitrogens with zero attached hydrogens (tertiary/aromatic N) is 2. The van der Waals surface area contributed by atoms with Crippen molar-refractivity contribution in [2.24, 2.45) is 0 Å². The van der Waals surface area contributed by atoms with E-state index in [1.165, 1.54) is 19.0 Å². The van der Waals surface area contributed by atoms with Crippen molar-refractivity contribution in [3.8, 4) is 5.88 Å². The summed E-state index contributed by atoms with van der Waals surface area (Å²) >= 11 is 5.63. The van der Waals surface area contributed by atoms with Crippen LogP contribution in [-0.2, 0) is 5.88 Å². The van der Waals surface area contributed by atoms with E-state index in [4.69, 9.17) is 16.3 Å². The SMILES string of the molecule is CN1CCCC1CCOc1nccc(CCl)c1F. The molecule has 1 aliphatic heterocycles. The highest BCUT2D eigenvalue weighted by molar-refractivity contribution is 6.17. The van der Waals surface area contributed by atoms with Crippen LogP contribution in [0.5, 0.6) is 5.88 Å². The van der Waals surface area contributed by atoms with Gasteiger partial charge in [0.05, 0.1) is 12.5 Å². The Labute approximate surface area is 112 Å². The van der Waals surface area contributed by atoms with Crippen LogP contribution in [0.4, 0.5) is 4.39 Å². The molecule has 0 saturated carbocycles. The molecule has 1 saturated heterocycles. The van der Waals surface area contributed by atoms with Crippen molar-refractivity contribution < 1.29 is 9.13 Å². The lowest BCUT2D eigenvalue weighted by atomic mass is 10.1. The van der Waals surface area contributed by atoms with Crippen LogP contribution in [0.2, 0.25) is 0 Å². The summed E-state index contributed by atoms with van der Waals surface area (Å²) in [7, 11) is 2.12. The summed E-state index contributed by atoms with van der Waals surface area (Å²) in [4.78, 5) is 6.22. The fourth-order valence-corrected chi connectivity index (χ4v) is 2.51. The highest BCUT2D eigenvalue weighted by atomic mass is 35.5. The van der Waals surface area contributed by atoms with Gasteiger partial charge in [-0.05, 0) is 38.9 Å². The van der Waals surface area contributed by atoms with E-state index < -0.39 is 5.82 Å². The number of hydrogen-bond donors (Lipinski definition) is 0. The Kier molecular flexibility index (Phi) is 4.78. The molecule has 1 unspecified atom stereocenters. The third kappa shape index (κ3) is 3.12. The van der Waals surface area contributed by atoms with E-state index in [-0.39, 0.29) is 11.8 Å². The summed E-state index contributed by atoms with van der Waals surface area (Å²) in [5.74, 6) is -0.239. The lowest BCUT2D eigenvalue weighted by Crippen LogP contribution is -2.26. The van der Waals surface area contributed by atoms with Gasteiger partial charge in [-0.25, -0.2) is 9.37 Å². The molecule has 2 heterocycles. The molecule has 1 fully saturated rings. The van der Waals surface area contributed by atoms with Crippen molar-refractivity contribution in [1.82, 2.24) is 9.88 Å². The topological polar surface area (TPSA) is 25.4 Å². The largest absolute Gasteiger partial charge is 0.476 e. The lowest BCUT2D eigenvalue weighted by Gasteiger charge is -2.19. The molecule has 0 bridgehead atoms. The fourth-order valence-electron chi connectivity index (χ4n) is 2.30. The van der Waals surface area contributed by atoms with Gasteiger partial charge >= 0.3 is 0 Å². The molecule has 0 N–H and O–H groups in total. The molecule has 0 amide bonds. The molecular formula is C13H18ClFN2O. The van der Waals surface area contributed by atoms with E-state index in [0.717, 1.165) is 13.0 Å². The summed E-state index contributed by atoms with van der Waals surface area (Å²) in [6, 6.07) is 2.12. The molecule has 3 nitrogen and oxygen atoms in total. The normalized spacial score (nSPS) is 20.3. The number of likely N-dealkylation sites (tertiary alicyclic amines) is 1. The molecular weight excluding hydrogens is 255 g/mol. The van der Waals surface area contributed by atoms with E-state index >= 15 is 0 Å². The van der Waals surface area contributed by atoms with Gasteiger partial charge in [-0.2, -0.15) is 0 Å². The van der Waals surface area contributed by atoms with Gasteiger partial charge in [0.2, 0.25) is 0 Å². The molecule has 100 valence electrons. The van der Waals surface area contributed by atoms with Crippen LogP contribution < -0.4 is 4.74 Å². The number of alkyl halides is 1. The Bertz CT molecular complexity index is 403. The molecule has 0 spiro atoms. The number of ether oxygens (including phenoxy) is 1. The average molecular weight is 273 g/mol. The second-order valence-electron chi connectivity index (χ2n) is 4.64. The van der Waals surface area contributed by atoms with Crippen LogP contribution in [0.1, 0.15) is 24.8 Å². The van der Waals surface area contributed by atoms with Crippen molar-refractivity contribution in [2.75, 3.05) is 20.2 Å². The van der Waals surface area contributed by atoms with Crippen molar-refractivity contribution in [1.29, 1.82) is 0 Å². The van der Waals surface area contributed by atoms with Crippen molar-refractivity contribution in [3.63, 3.8) is 0 Å². The van der Waals surface area contributed by atoms with E-state index in [1.54, 1.807) is 6.07 Å². The van der Waals surface area contributed by atoms with Crippen LogP contribution in [0.25, 0.3) is 0 Å². The van der Waals surface area contributed by atoms with Crippen LogP contribution in [-0.4, -0.2) is 36.1 Å². The van der Waals surface area contributed by atoms with Gasteiger partial charge in [0, 0.05) is 17.8 Å². The first-order valence-corrected chi connectivity index (χ1v) is 6.78. The Morgan fingerprint density at radius 1 is 1.61 bits per heavy atom. The first-order chi connectivity index (χ1) is 8.72. The van der Waals surface area contributed by atoms with Crippen LogP contribution in [0.15, 0.2) is 12.3 Å². The molecule has 5 heteroatoms. The smallest absolute Gasteiger partial charge is 0.250 e. The predicted octanol–water partition coefficient (Wildman–Crippen LogP) is 2.82. The maximum atomic E-state index is 13.8. The number of halogens is 2. The van der Waals surface area contributed by atoms with Gasteiger partial charge in [0.1, 0.15) is 0 Å². The highest BCUT2D eigenvalue weighted by Gasteiger charge is 2.20. The van der Waals surface area contributed by atoms with E-state index in [1.807, 2.05) is 0 Å². The average Bonchev–Trinajstić information content (AvgIpc) is 2.77. The second-order valence-corrected chi connectivity index (χ2v) is 4.90. The van der Waals surface area contributed by atoms with Crippen LogP contribution in [0, 0.1) is 5.82 Å². The Morgan fingerprint density at radius 3 is 3.11 bits per heavy atom. The number of hydrogen-bond acceptors (Lipinski definition) is 3. The van der Waals surface area contributed by atoms with Crippen molar-refractivity contribution in [3.05, 3.63) is 23.6 Å². The minimum absolute atomic E-state index is 0.0637. The molecule has 1 atom stereocenters. The molecule has 1 aromatic heterocycles. The zero-order valence-corrected chi connectivity index (χ0v) is 11.3. The van der Waals surface area contributed by atoms with Crippen LogP contribution in [0.3, 0.4) is 0 Å². The van der Waals surface area contributed by atoms with Gasteiger partial charge in [-0.3, -0.25) is 0 Å². The van der Waals surface area contributed by atoms with Crippen molar-refractivity contribution >= 4 is 11.6 Å². The summed E-state index contributed by atoms with van der Waals surface area (Å²) in [6.07, 6.45) is 4.85. The van der Waals surface area contributed by atoms with E-state index in [0.29, 0.717) is 18.2 Å². The van der Waals surface area contributed by atoms with Gasteiger partial charge in [-0.1, -0.05) is 0 Å². The Balaban J connectivity index is 1.86. The minimum atomic E-state index is -0.438. The molecule has 0 radical (unpaired) electrons. The molecule has 2 rings (SSSR count). The highest BCUT2D eigenvalue weighted by Crippen LogP contribution is 2.21. The number of aromatic nitrogens is 1. The maximum Gasteiger partial charge on any atom is 0.250 e. The Morgan fingerprint density at radius 2 is 2.44 bits per heavy atom. The van der Waals surface area contributed by atoms with Gasteiger partial charge in [0.15, 0.2) is 5.82 Å². The zero-order chi connectivity index (χ0) is 13.0. The second kappa shape index (κ2) is 6.34. The van der Waals surface area contributed by atoms with Crippen molar-refractivity contribution in [2.45, 2.75) is 31.2 Å². The molecule has 18 heavy (non-hydrogen) atoms. The van der Waals surface area contributed by atoms with Crippen LogP contribution >= 0.6 is 11.6 Å². The summed E-state index contributed by atoms with van der Waals surface area (Å²) in [6.45, 7) is 1.63. The first-order valence-electron chi connectivity index (χ1n) is 6.24. The fraction of sp³-hybridized carbons (Fsp3) is 0.615. The zero-order valence-electron chi connectivity index (χ0n) is 10.5. The monoisotopic (exact) mass is 272 g/mol. The summed E-state index contributed by atoms with van der Waals surface area (Å²) in [5, 5.41) is 0. The van der Waals surface area contributed by atoms with E-state index in [2.05, 4.69) is 16.9 Å². The third-order valence-electron chi connectivity index (χ3n) is 3.44. The number of pyridine rings is 1. The van der Waals surface area contributed by atoms with Gasteiger partial charge in [-0.15, -0.1) is 11.6 Å². The molecule has 1 aliphatic rings. The van der Waals surface area contributed by atoms with Gasteiger partial charge < -0.3 is 9.64 Å². The quantitative estimate of drug-likeness (QED) is 0.771.